The molecule has 1 aliphatic rings. The summed E-state index contributed by atoms with van der Waals surface area (Å²) >= 11 is 1.47. The number of nitrogens with one attached hydrogen (secondary N) is 1. The van der Waals surface area contributed by atoms with Gasteiger partial charge in [0.15, 0.2) is 17.3 Å². The number of fused-ring (bicyclic) bond motifs is 2. The van der Waals surface area contributed by atoms with E-state index in [0.29, 0.717) is 30.0 Å². The minimum Gasteiger partial charge on any atom is -0.454 e. The van der Waals surface area contributed by atoms with Gasteiger partial charge in [0.05, 0.1) is 0 Å². The zero-order chi connectivity index (χ0) is 15.8. The van der Waals surface area contributed by atoms with Crippen molar-refractivity contribution in [3.8, 4) is 11.5 Å². The molecule has 0 spiro atoms. The number of carbonyl (C=O) groups excluding carboxylic acids is 1. The lowest BCUT2D eigenvalue weighted by atomic mass is 10.2. The summed E-state index contributed by atoms with van der Waals surface area (Å²) in [6, 6.07) is 5.14. The van der Waals surface area contributed by atoms with Gasteiger partial charge < -0.3 is 14.8 Å². The Labute approximate surface area is 135 Å². The number of aromatic nitrogens is 4. The molecule has 0 saturated heterocycles. The Bertz CT molecular complexity index is 888. The molecule has 0 aliphatic carbocycles. The van der Waals surface area contributed by atoms with E-state index in [2.05, 4.69) is 20.6 Å². The number of nitrogens with zero attached hydrogens (tertiary/aromatic N) is 4. The third-order valence-corrected chi connectivity index (χ3v) is 4.41. The Hall–Kier alpha value is -2.68. The first-order valence-corrected chi connectivity index (χ1v) is 7.88. The van der Waals surface area contributed by atoms with Gasteiger partial charge in [-0.15, -0.1) is 10.2 Å². The summed E-state index contributed by atoms with van der Waals surface area (Å²) in [5.41, 5.74) is 0.545. The van der Waals surface area contributed by atoms with Crippen molar-refractivity contribution in [2.45, 2.75) is 13.3 Å². The minimum atomic E-state index is -0.150. The van der Waals surface area contributed by atoms with Crippen molar-refractivity contribution in [3.05, 3.63) is 34.6 Å². The van der Waals surface area contributed by atoms with Crippen molar-refractivity contribution in [2.24, 2.45) is 0 Å². The van der Waals surface area contributed by atoms with E-state index in [1.165, 1.54) is 11.3 Å². The number of hydrogen-bond donors (Lipinski definition) is 1. The minimum absolute atomic E-state index is 0.150. The van der Waals surface area contributed by atoms with Gasteiger partial charge in [0.25, 0.3) is 5.91 Å². The molecule has 1 aliphatic heterocycles. The van der Waals surface area contributed by atoms with E-state index in [4.69, 9.17) is 9.47 Å². The fourth-order valence-electron chi connectivity index (χ4n) is 2.28. The molecule has 0 saturated carbocycles. The third-order valence-electron chi connectivity index (χ3n) is 3.45. The normalized spacial score (nSPS) is 12.7. The van der Waals surface area contributed by atoms with Crippen molar-refractivity contribution in [2.75, 3.05) is 13.3 Å². The number of amides is 1. The lowest BCUT2D eigenvalue weighted by Crippen LogP contribution is -2.25. The van der Waals surface area contributed by atoms with Crippen LogP contribution in [0.4, 0.5) is 0 Å². The van der Waals surface area contributed by atoms with E-state index in [9.17, 15) is 4.79 Å². The first-order valence-electron chi connectivity index (χ1n) is 7.06. The van der Waals surface area contributed by atoms with Gasteiger partial charge >= 0.3 is 0 Å². The van der Waals surface area contributed by atoms with Crippen molar-refractivity contribution in [1.29, 1.82) is 0 Å². The zero-order valence-electron chi connectivity index (χ0n) is 12.3. The quantitative estimate of drug-likeness (QED) is 0.772. The van der Waals surface area contributed by atoms with Crippen LogP contribution in [-0.2, 0) is 6.42 Å². The zero-order valence-corrected chi connectivity index (χ0v) is 13.1. The van der Waals surface area contributed by atoms with Gasteiger partial charge in [-0.1, -0.05) is 11.3 Å². The van der Waals surface area contributed by atoms with E-state index in [1.54, 1.807) is 22.7 Å². The summed E-state index contributed by atoms with van der Waals surface area (Å²) in [6.45, 7) is 2.54. The fraction of sp³-hybridized carbons (Fsp3) is 0.286. The fourth-order valence-corrected chi connectivity index (χ4v) is 3.16. The highest BCUT2D eigenvalue weighted by atomic mass is 32.1. The molecule has 8 nitrogen and oxygen atoms in total. The number of carbonyl (C=O) groups is 1. The molecule has 118 valence electrons. The second-order valence-corrected chi connectivity index (χ2v) is 6.05. The molecular formula is C14H13N5O3S. The van der Waals surface area contributed by atoms with Crippen LogP contribution in [-0.4, -0.2) is 39.1 Å². The Kier molecular flexibility index (Phi) is 3.34. The topological polar surface area (TPSA) is 90.6 Å². The molecule has 3 heterocycles. The van der Waals surface area contributed by atoms with Crippen LogP contribution >= 0.6 is 11.3 Å². The smallest absolute Gasteiger partial charge is 0.251 e. The van der Waals surface area contributed by atoms with E-state index in [0.717, 1.165) is 15.8 Å². The molecule has 1 amide bonds. The Morgan fingerprint density at radius 3 is 3.09 bits per heavy atom. The maximum Gasteiger partial charge on any atom is 0.251 e. The lowest BCUT2D eigenvalue weighted by molar-refractivity contribution is 0.0953. The second-order valence-electron chi connectivity index (χ2n) is 5.01. The number of aryl methyl sites for hydroxylation is 1. The molecule has 0 bridgehead atoms. The molecule has 2 aromatic heterocycles. The number of hydrogen-bond acceptors (Lipinski definition) is 7. The van der Waals surface area contributed by atoms with Gasteiger partial charge in [0.2, 0.25) is 11.8 Å². The summed E-state index contributed by atoms with van der Waals surface area (Å²) in [5, 5.41) is 16.2. The molecule has 1 aromatic carbocycles. The Morgan fingerprint density at radius 1 is 1.35 bits per heavy atom. The van der Waals surface area contributed by atoms with Crippen LogP contribution in [0.3, 0.4) is 0 Å². The molecular weight excluding hydrogens is 318 g/mol. The van der Waals surface area contributed by atoms with Gasteiger partial charge in [0.1, 0.15) is 5.01 Å². The monoisotopic (exact) mass is 331 g/mol. The van der Waals surface area contributed by atoms with E-state index in [1.807, 2.05) is 6.92 Å². The first-order chi connectivity index (χ1) is 11.2. The highest BCUT2D eigenvalue weighted by Gasteiger charge is 2.16. The summed E-state index contributed by atoms with van der Waals surface area (Å²) < 4.78 is 12.2. The summed E-state index contributed by atoms with van der Waals surface area (Å²) in [7, 11) is 0. The predicted octanol–water partition coefficient (Wildman–Crippen LogP) is 1.20. The van der Waals surface area contributed by atoms with Gasteiger partial charge in [0, 0.05) is 18.5 Å². The molecule has 4 rings (SSSR count). The second kappa shape index (κ2) is 5.51. The van der Waals surface area contributed by atoms with Gasteiger partial charge in [-0.2, -0.15) is 9.61 Å². The van der Waals surface area contributed by atoms with Crippen LogP contribution in [0.25, 0.3) is 4.96 Å². The molecule has 0 radical (unpaired) electrons. The maximum absolute atomic E-state index is 12.2. The Morgan fingerprint density at radius 2 is 2.22 bits per heavy atom. The van der Waals surface area contributed by atoms with E-state index in [-0.39, 0.29) is 12.7 Å². The lowest BCUT2D eigenvalue weighted by Gasteiger charge is -2.04. The molecule has 0 atom stereocenters. The standard InChI is InChI=1S/C14H13N5O3S/c1-8-16-17-14-19(8)18-12(23-14)4-5-15-13(20)9-2-3-10-11(6-9)22-7-21-10/h2-3,6H,4-5,7H2,1H3,(H,15,20). The third kappa shape index (κ3) is 2.59. The van der Waals surface area contributed by atoms with Crippen molar-refractivity contribution >= 4 is 22.2 Å². The van der Waals surface area contributed by atoms with E-state index < -0.39 is 0 Å². The highest BCUT2D eigenvalue weighted by molar-refractivity contribution is 7.16. The molecule has 1 N–H and O–H groups in total. The summed E-state index contributed by atoms with van der Waals surface area (Å²) in [4.78, 5) is 12.9. The SMILES string of the molecule is Cc1nnc2sc(CCNC(=O)c3ccc4c(c3)OCO4)nn12. The van der Waals surface area contributed by atoms with E-state index >= 15 is 0 Å². The molecule has 23 heavy (non-hydrogen) atoms. The predicted molar refractivity (Wildman–Crippen MR) is 82.0 cm³/mol. The van der Waals surface area contributed by atoms with Crippen molar-refractivity contribution in [1.82, 2.24) is 25.1 Å². The summed E-state index contributed by atoms with van der Waals surface area (Å²) in [6.07, 6.45) is 0.643. The van der Waals surface area contributed by atoms with Crippen molar-refractivity contribution in [3.63, 3.8) is 0 Å². The number of ether oxygens (including phenoxy) is 2. The van der Waals surface area contributed by atoms with Crippen LogP contribution in [0.2, 0.25) is 0 Å². The molecule has 3 aromatic rings. The van der Waals surface area contributed by atoms with Gasteiger partial charge in [-0.05, 0) is 25.1 Å². The maximum atomic E-state index is 12.2. The number of rotatable bonds is 4. The first kappa shape index (κ1) is 13.9. The van der Waals surface area contributed by atoms with Crippen LogP contribution in [0, 0.1) is 6.92 Å². The van der Waals surface area contributed by atoms with Crippen molar-refractivity contribution < 1.29 is 14.3 Å². The average molecular weight is 331 g/mol. The van der Waals surface area contributed by atoms with Crippen LogP contribution < -0.4 is 14.8 Å². The van der Waals surface area contributed by atoms with Crippen LogP contribution in [0.15, 0.2) is 18.2 Å². The van der Waals surface area contributed by atoms with Gasteiger partial charge in [-0.25, -0.2) is 0 Å². The Balaban J connectivity index is 1.37. The number of benzene rings is 1. The average Bonchev–Trinajstić information content (AvgIpc) is 3.24. The largest absolute Gasteiger partial charge is 0.454 e. The highest BCUT2D eigenvalue weighted by Crippen LogP contribution is 2.32. The summed E-state index contributed by atoms with van der Waals surface area (Å²) in [5.74, 6) is 1.87. The molecule has 9 heteroatoms. The van der Waals surface area contributed by atoms with Gasteiger partial charge in [-0.3, -0.25) is 4.79 Å². The van der Waals surface area contributed by atoms with Crippen LogP contribution in [0.5, 0.6) is 11.5 Å². The van der Waals surface area contributed by atoms with Crippen LogP contribution in [0.1, 0.15) is 21.2 Å². The molecule has 0 fully saturated rings. The molecule has 0 unspecified atom stereocenters.